The summed E-state index contributed by atoms with van der Waals surface area (Å²) in [5, 5.41) is 27.1. The number of hydrogen-bond donors (Lipinski definition) is 1. The van der Waals surface area contributed by atoms with Crippen molar-refractivity contribution in [2.24, 2.45) is 0 Å². The zero-order valence-corrected chi connectivity index (χ0v) is 15.0. The topological polar surface area (TPSA) is 98.5 Å². The molecule has 26 heavy (non-hydrogen) atoms. The van der Waals surface area contributed by atoms with Crippen molar-refractivity contribution >= 4 is 28.9 Å². The Kier molecular flexibility index (Phi) is 4.73. The van der Waals surface area contributed by atoms with Crippen molar-refractivity contribution in [3.8, 4) is 5.75 Å². The average Bonchev–Trinajstić information content (AvgIpc) is 2.62. The van der Waals surface area contributed by atoms with Gasteiger partial charge in [0, 0.05) is 22.8 Å². The maximum Gasteiger partial charge on any atom is 0.263 e. The van der Waals surface area contributed by atoms with Crippen LogP contribution >= 0.6 is 11.6 Å². The highest BCUT2D eigenvalue weighted by Gasteiger charge is 2.36. The van der Waals surface area contributed by atoms with Gasteiger partial charge in [-0.1, -0.05) is 30.7 Å². The molecular formula is C18H17ClN3O4-. The molecule has 3 rings (SSSR count). The number of carbonyl (C=O) groups excluding carboxylic acids is 1. The standard InChI is InChI=1S/C18H18ClN3O4/c1-3-10(2)21-17(20-14-7-5-4-6-12(14)18(21)24)13-8-11(19)9-15(16(13)23)22(25)26/h4-10,17,20,23H,3H2,1-2H3/p-1/t10-,17+/m1/s1. The Morgan fingerprint density at radius 1 is 1.35 bits per heavy atom. The van der Waals surface area contributed by atoms with Crippen molar-refractivity contribution in [1.82, 2.24) is 4.90 Å². The van der Waals surface area contributed by atoms with E-state index in [1.165, 1.54) is 6.07 Å². The van der Waals surface area contributed by atoms with Crippen LogP contribution in [0.3, 0.4) is 0 Å². The highest BCUT2D eigenvalue weighted by molar-refractivity contribution is 6.31. The Morgan fingerprint density at radius 2 is 2.04 bits per heavy atom. The molecule has 1 aliphatic heterocycles. The summed E-state index contributed by atoms with van der Waals surface area (Å²) < 4.78 is 0. The van der Waals surface area contributed by atoms with E-state index in [-0.39, 0.29) is 22.5 Å². The molecule has 1 amide bonds. The number of nitrogens with one attached hydrogen (secondary N) is 1. The molecule has 136 valence electrons. The van der Waals surface area contributed by atoms with Crippen LogP contribution in [0.15, 0.2) is 36.4 Å². The summed E-state index contributed by atoms with van der Waals surface area (Å²) in [6.07, 6.45) is -0.180. The molecular weight excluding hydrogens is 358 g/mol. The number of fused-ring (bicyclic) bond motifs is 1. The summed E-state index contributed by atoms with van der Waals surface area (Å²) in [7, 11) is 0. The summed E-state index contributed by atoms with van der Waals surface area (Å²) in [4.78, 5) is 25.0. The van der Waals surface area contributed by atoms with Crippen molar-refractivity contribution in [2.45, 2.75) is 32.5 Å². The van der Waals surface area contributed by atoms with Crippen molar-refractivity contribution in [3.63, 3.8) is 0 Å². The van der Waals surface area contributed by atoms with Crippen LogP contribution in [-0.4, -0.2) is 21.8 Å². The maximum atomic E-state index is 13.0. The quantitative estimate of drug-likeness (QED) is 0.650. The van der Waals surface area contributed by atoms with E-state index in [1.807, 2.05) is 13.8 Å². The number of benzene rings is 2. The number of amides is 1. The van der Waals surface area contributed by atoms with E-state index >= 15 is 0 Å². The molecule has 0 radical (unpaired) electrons. The highest BCUT2D eigenvalue weighted by Crippen LogP contribution is 2.41. The number of para-hydroxylation sites is 1. The maximum absolute atomic E-state index is 13.0. The third kappa shape index (κ3) is 2.94. The molecule has 1 heterocycles. The van der Waals surface area contributed by atoms with E-state index in [0.29, 0.717) is 17.7 Å². The number of anilines is 1. The normalized spacial score (nSPS) is 17.4. The van der Waals surface area contributed by atoms with Crippen LogP contribution in [0.5, 0.6) is 5.75 Å². The van der Waals surface area contributed by atoms with Gasteiger partial charge >= 0.3 is 0 Å². The fourth-order valence-corrected chi connectivity index (χ4v) is 3.31. The van der Waals surface area contributed by atoms with Crippen LogP contribution in [0.25, 0.3) is 0 Å². The molecule has 0 spiro atoms. The molecule has 2 aromatic carbocycles. The Hall–Kier alpha value is -2.80. The van der Waals surface area contributed by atoms with Crippen LogP contribution < -0.4 is 10.4 Å². The second-order valence-corrected chi connectivity index (χ2v) is 6.60. The van der Waals surface area contributed by atoms with Crippen LogP contribution in [0.2, 0.25) is 5.02 Å². The molecule has 0 aliphatic carbocycles. The van der Waals surface area contributed by atoms with Crippen molar-refractivity contribution in [1.29, 1.82) is 0 Å². The molecule has 1 aliphatic rings. The van der Waals surface area contributed by atoms with Gasteiger partial charge in [0.25, 0.3) is 11.6 Å². The molecule has 0 aromatic heterocycles. The van der Waals surface area contributed by atoms with Crippen LogP contribution in [-0.2, 0) is 0 Å². The number of nitro groups is 1. The van der Waals surface area contributed by atoms with E-state index in [2.05, 4.69) is 5.32 Å². The predicted octanol–water partition coefficient (Wildman–Crippen LogP) is 3.69. The first-order chi connectivity index (χ1) is 12.3. The molecule has 0 unspecified atom stereocenters. The van der Waals surface area contributed by atoms with Gasteiger partial charge in [0.15, 0.2) is 0 Å². The van der Waals surface area contributed by atoms with Gasteiger partial charge in [-0.05, 0) is 42.9 Å². The first kappa shape index (κ1) is 18.0. The van der Waals surface area contributed by atoms with E-state index in [0.717, 1.165) is 6.07 Å². The average molecular weight is 375 g/mol. The summed E-state index contributed by atoms with van der Waals surface area (Å²) >= 11 is 6.01. The lowest BCUT2D eigenvalue weighted by atomic mass is 10.00. The summed E-state index contributed by atoms with van der Waals surface area (Å²) in [5.41, 5.74) is 0.536. The van der Waals surface area contributed by atoms with Crippen molar-refractivity contribution in [2.75, 3.05) is 5.32 Å². The lowest BCUT2D eigenvalue weighted by Crippen LogP contribution is -2.47. The van der Waals surface area contributed by atoms with Gasteiger partial charge in [0.05, 0.1) is 10.5 Å². The molecule has 0 fully saturated rings. The molecule has 8 heteroatoms. The molecule has 2 atom stereocenters. The summed E-state index contributed by atoms with van der Waals surface area (Å²) in [6, 6.07) is 9.19. The van der Waals surface area contributed by atoms with Gasteiger partial charge in [0.2, 0.25) is 0 Å². The van der Waals surface area contributed by atoms with Crippen LogP contribution in [0.4, 0.5) is 11.4 Å². The Labute approximate surface area is 155 Å². The molecule has 2 aromatic rings. The second-order valence-electron chi connectivity index (χ2n) is 6.16. The molecule has 0 saturated carbocycles. The first-order valence-electron chi connectivity index (χ1n) is 8.18. The van der Waals surface area contributed by atoms with E-state index < -0.39 is 22.5 Å². The van der Waals surface area contributed by atoms with Crippen LogP contribution in [0, 0.1) is 10.1 Å². The molecule has 0 bridgehead atoms. The molecule has 0 saturated heterocycles. The summed E-state index contributed by atoms with van der Waals surface area (Å²) in [5.74, 6) is -0.988. The Morgan fingerprint density at radius 3 is 2.69 bits per heavy atom. The SMILES string of the molecule is CC[C@@H](C)N1C(=O)c2ccccc2N[C@@H]1c1cc(Cl)cc([N+](=O)[O-])c1[O-]. The summed E-state index contributed by atoms with van der Waals surface area (Å²) in [6.45, 7) is 3.79. The zero-order valence-electron chi connectivity index (χ0n) is 14.2. The van der Waals surface area contributed by atoms with E-state index in [4.69, 9.17) is 11.6 Å². The van der Waals surface area contributed by atoms with Gasteiger partial charge < -0.3 is 15.3 Å². The molecule has 1 N–H and O–H groups in total. The third-order valence-electron chi connectivity index (χ3n) is 4.58. The Bertz CT molecular complexity index is 887. The van der Waals surface area contributed by atoms with Gasteiger partial charge in [-0.15, -0.1) is 0 Å². The zero-order chi connectivity index (χ0) is 19.0. The minimum atomic E-state index is -0.836. The number of hydrogen-bond acceptors (Lipinski definition) is 5. The van der Waals surface area contributed by atoms with Gasteiger partial charge in [0.1, 0.15) is 6.17 Å². The highest BCUT2D eigenvalue weighted by atomic mass is 35.5. The number of halogens is 1. The lowest BCUT2D eigenvalue weighted by molar-refractivity contribution is -0.398. The van der Waals surface area contributed by atoms with Gasteiger partial charge in [-0.2, -0.15) is 0 Å². The van der Waals surface area contributed by atoms with Gasteiger partial charge in [-0.3, -0.25) is 14.9 Å². The van der Waals surface area contributed by atoms with Crippen LogP contribution in [0.1, 0.15) is 42.4 Å². The van der Waals surface area contributed by atoms with E-state index in [9.17, 15) is 20.0 Å². The fourth-order valence-electron chi connectivity index (χ4n) is 3.09. The minimum Gasteiger partial charge on any atom is -0.868 e. The molecule has 7 nitrogen and oxygen atoms in total. The van der Waals surface area contributed by atoms with Crippen molar-refractivity contribution < 1.29 is 14.8 Å². The Balaban J connectivity index is 2.19. The number of carbonyl (C=O) groups is 1. The van der Waals surface area contributed by atoms with Gasteiger partial charge in [-0.25, -0.2) is 0 Å². The smallest absolute Gasteiger partial charge is 0.263 e. The lowest BCUT2D eigenvalue weighted by Gasteiger charge is -2.42. The monoisotopic (exact) mass is 374 g/mol. The van der Waals surface area contributed by atoms with E-state index in [1.54, 1.807) is 29.2 Å². The number of nitro benzene ring substituents is 1. The predicted molar refractivity (Wildman–Crippen MR) is 96.3 cm³/mol. The fraction of sp³-hybridized carbons (Fsp3) is 0.278. The number of rotatable bonds is 4. The second kappa shape index (κ2) is 6.84. The third-order valence-corrected chi connectivity index (χ3v) is 4.80. The minimum absolute atomic E-state index is 0.0727. The first-order valence-corrected chi connectivity index (χ1v) is 8.56. The van der Waals surface area contributed by atoms with Crippen molar-refractivity contribution in [3.05, 3.63) is 62.7 Å². The largest absolute Gasteiger partial charge is 0.868 e. The number of nitrogens with zero attached hydrogens (tertiary/aromatic N) is 2.